The summed E-state index contributed by atoms with van der Waals surface area (Å²) in [6.07, 6.45) is -3.14. The molecule has 1 aromatic carbocycles. The average molecular weight is 306 g/mol. The Kier molecular flexibility index (Phi) is 3.60. The molecule has 0 saturated carbocycles. The van der Waals surface area contributed by atoms with Crippen LogP contribution < -0.4 is 0 Å². The average Bonchev–Trinajstić information content (AvgIpc) is 2.53. The molecule has 114 valence electrons. The van der Waals surface area contributed by atoms with E-state index in [2.05, 4.69) is 10.1 Å². The SMILES string of the molecule is O/N=C1\CCCc2nc(-c3ccccc3)cc(C(F)(F)F)c21. The quantitative estimate of drug-likeness (QED) is 0.631. The number of nitrogens with zero attached hydrogens (tertiary/aromatic N) is 2. The number of halogens is 3. The van der Waals surface area contributed by atoms with Gasteiger partial charge in [-0.15, -0.1) is 0 Å². The molecule has 0 saturated heterocycles. The zero-order valence-electron chi connectivity index (χ0n) is 11.6. The highest BCUT2D eigenvalue weighted by Crippen LogP contribution is 2.38. The normalized spacial score (nSPS) is 16.6. The number of fused-ring (bicyclic) bond motifs is 1. The summed E-state index contributed by atoms with van der Waals surface area (Å²) in [6.45, 7) is 0. The zero-order valence-corrected chi connectivity index (χ0v) is 11.6. The summed E-state index contributed by atoms with van der Waals surface area (Å²) in [5, 5.41) is 12.0. The van der Waals surface area contributed by atoms with Crippen molar-refractivity contribution in [1.29, 1.82) is 0 Å². The van der Waals surface area contributed by atoms with E-state index in [1.54, 1.807) is 30.3 Å². The third kappa shape index (κ3) is 2.56. The maximum absolute atomic E-state index is 13.4. The molecule has 1 aromatic heterocycles. The molecule has 0 fully saturated rings. The number of aryl methyl sites for hydroxylation is 1. The van der Waals surface area contributed by atoms with Crippen LogP contribution in [0.15, 0.2) is 41.6 Å². The molecule has 0 bridgehead atoms. The van der Waals surface area contributed by atoms with Crippen molar-refractivity contribution in [3.05, 3.63) is 53.2 Å². The standard InChI is InChI=1S/C16H13F3N2O/c17-16(18,19)11-9-14(10-5-2-1-3-6-10)20-12-7-4-8-13(21-22)15(11)12/h1-3,5-6,9,22H,4,7-8H2/b21-13+. The smallest absolute Gasteiger partial charge is 0.411 e. The van der Waals surface area contributed by atoms with Gasteiger partial charge in [-0.3, -0.25) is 4.98 Å². The first-order chi connectivity index (χ1) is 10.5. The fourth-order valence-corrected chi connectivity index (χ4v) is 2.73. The lowest BCUT2D eigenvalue weighted by Gasteiger charge is -2.22. The zero-order chi connectivity index (χ0) is 15.7. The number of oxime groups is 1. The highest BCUT2D eigenvalue weighted by molar-refractivity contribution is 6.03. The first kappa shape index (κ1) is 14.6. The lowest BCUT2D eigenvalue weighted by atomic mass is 9.89. The van der Waals surface area contributed by atoms with Crippen LogP contribution in [-0.4, -0.2) is 15.9 Å². The van der Waals surface area contributed by atoms with Crippen molar-refractivity contribution in [2.75, 3.05) is 0 Å². The fourth-order valence-electron chi connectivity index (χ4n) is 2.73. The first-order valence-corrected chi connectivity index (χ1v) is 6.88. The Hall–Kier alpha value is -2.37. The molecule has 22 heavy (non-hydrogen) atoms. The molecule has 1 heterocycles. The van der Waals surface area contributed by atoms with Crippen molar-refractivity contribution < 1.29 is 18.4 Å². The van der Waals surface area contributed by atoms with Crippen LogP contribution in [0.3, 0.4) is 0 Å². The van der Waals surface area contributed by atoms with Crippen molar-refractivity contribution in [3.8, 4) is 11.3 Å². The highest BCUT2D eigenvalue weighted by atomic mass is 19.4. The Labute approximate surface area is 125 Å². The second-order valence-corrected chi connectivity index (χ2v) is 5.14. The van der Waals surface area contributed by atoms with Gasteiger partial charge in [-0.1, -0.05) is 35.5 Å². The van der Waals surface area contributed by atoms with Gasteiger partial charge in [0.25, 0.3) is 0 Å². The number of pyridine rings is 1. The van der Waals surface area contributed by atoms with Gasteiger partial charge in [-0.25, -0.2) is 0 Å². The van der Waals surface area contributed by atoms with Crippen molar-refractivity contribution >= 4 is 5.71 Å². The van der Waals surface area contributed by atoms with Gasteiger partial charge in [0, 0.05) is 11.1 Å². The van der Waals surface area contributed by atoms with Crippen molar-refractivity contribution in [2.45, 2.75) is 25.4 Å². The summed E-state index contributed by atoms with van der Waals surface area (Å²) in [5.41, 5.74) is 0.452. The Morgan fingerprint density at radius 1 is 1.09 bits per heavy atom. The summed E-state index contributed by atoms with van der Waals surface area (Å²) in [5.74, 6) is 0. The third-order valence-corrected chi connectivity index (χ3v) is 3.71. The van der Waals surface area contributed by atoms with Gasteiger partial charge in [0.05, 0.1) is 22.7 Å². The predicted molar refractivity (Wildman–Crippen MR) is 75.9 cm³/mol. The van der Waals surface area contributed by atoms with E-state index in [0.29, 0.717) is 30.5 Å². The second-order valence-electron chi connectivity index (χ2n) is 5.14. The van der Waals surface area contributed by atoms with E-state index in [9.17, 15) is 13.2 Å². The van der Waals surface area contributed by atoms with Crippen LogP contribution in [0.1, 0.15) is 29.7 Å². The molecule has 1 N–H and O–H groups in total. The fraction of sp³-hybridized carbons (Fsp3) is 0.250. The van der Waals surface area contributed by atoms with Gasteiger partial charge in [0.1, 0.15) is 0 Å². The Morgan fingerprint density at radius 3 is 2.45 bits per heavy atom. The van der Waals surface area contributed by atoms with Crippen LogP contribution >= 0.6 is 0 Å². The second kappa shape index (κ2) is 5.44. The van der Waals surface area contributed by atoms with Crippen LogP contribution in [0.4, 0.5) is 13.2 Å². The van der Waals surface area contributed by atoms with Crippen LogP contribution in [0.5, 0.6) is 0 Å². The van der Waals surface area contributed by atoms with Gasteiger partial charge in [-0.2, -0.15) is 13.2 Å². The molecule has 1 aliphatic rings. The number of aromatic nitrogens is 1. The number of rotatable bonds is 1. The molecular weight excluding hydrogens is 293 g/mol. The molecule has 3 nitrogen and oxygen atoms in total. The lowest BCUT2D eigenvalue weighted by Crippen LogP contribution is -2.21. The van der Waals surface area contributed by atoms with E-state index < -0.39 is 11.7 Å². The largest absolute Gasteiger partial charge is 0.417 e. The maximum atomic E-state index is 13.4. The van der Waals surface area contributed by atoms with Crippen LogP contribution in [0.25, 0.3) is 11.3 Å². The van der Waals surface area contributed by atoms with E-state index in [4.69, 9.17) is 5.21 Å². The number of hydrogen-bond acceptors (Lipinski definition) is 3. The van der Waals surface area contributed by atoms with E-state index in [0.717, 1.165) is 6.07 Å². The summed E-state index contributed by atoms with van der Waals surface area (Å²) < 4.78 is 40.3. The molecule has 0 radical (unpaired) electrons. The minimum atomic E-state index is -4.52. The van der Waals surface area contributed by atoms with Crippen molar-refractivity contribution in [2.24, 2.45) is 5.16 Å². The number of benzene rings is 1. The molecule has 0 spiro atoms. The van der Waals surface area contributed by atoms with Crippen molar-refractivity contribution in [3.63, 3.8) is 0 Å². The third-order valence-electron chi connectivity index (χ3n) is 3.71. The van der Waals surface area contributed by atoms with Crippen LogP contribution in [-0.2, 0) is 12.6 Å². The minimum absolute atomic E-state index is 0.0562. The summed E-state index contributed by atoms with van der Waals surface area (Å²) in [6, 6.07) is 9.78. The highest BCUT2D eigenvalue weighted by Gasteiger charge is 2.38. The van der Waals surface area contributed by atoms with Gasteiger partial charge in [-0.05, 0) is 25.3 Å². The van der Waals surface area contributed by atoms with Crippen LogP contribution in [0, 0.1) is 0 Å². The van der Waals surface area contributed by atoms with Crippen molar-refractivity contribution in [1.82, 2.24) is 4.98 Å². The number of alkyl halides is 3. The van der Waals surface area contributed by atoms with Crippen LogP contribution in [0.2, 0.25) is 0 Å². The Bertz CT molecular complexity index is 724. The molecule has 0 unspecified atom stereocenters. The molecule has 1 aliphatic carbocycles. The number of hydrogen-bond donors (Lipinski definition) is 1. The summed E-state index contributed by atoms with van der Waals surface area (Å²) >= 11 is 0. The molecule has 0 amide bonds. The van der Waals surface area contributed by atoms with Gasteiger partial charge in [0.15, 0.2) is 0 Å². The van der Waals surface area contributed by atoms with Gasteiger partial charge in [0.2, 0.25) is 0 Å². The van der Waals surface area contributed by atoms with E-state index in [1.807, 2.05) is 0 Å². The minimum Gasteiger partial charge on any atom is -0.411 e. The van der Waals surface area contributed by atoms with E-state index in [-0.39, 0.29) is 17.0 Å². The Balaban J connectivity index is 2.26. The lowest BCUT2D eigenvalue weighted by molar-refractivity contribution is -0.137. The molecule has 2 aromatic rings. The molecule has 0 atom stereocenters. The molecule has 3 rings (SSSR count). The van der Waals surface area contributed by atoms with Gasteiger partial charge < -0.3 is 5.21 Å². The Morgan fingerprint density at radius 2 is 1.82 bits per heavy atom. The summed E-state index contributed by atoms with van der Waals surface area (Å²) in [4.78, 5) is 4.36. The maximum Gasteiger partial charge on any atom is 0.417 e. The van der Waals surface area contributed by atoms with E-state index >= 15 is 0 Å². The molecule has 0 aliphatic heterocycles. The molecule has 6 heteroatoms. The molecular formula is C16H13F3N2O. The monoisotopic (exact) mass is 306 g/mol. The topological polar surface area (TPSA) is 45.5 Å². The predicted octanol–water partition coefficient (Wildman–Crippen LogP) is 4.28. The van der Waals surface area contributed by atoms with Gasteiger partial charge >= 0.3 is 6.18 Å². The first-order valence-electron chi connectivity index (χ1n) is 6.88. The summed E-state index contributed by atoms with van der Waals surface area (Å²) in [7, 11) is 0. The van der Waals surface area contributed by atoms with E-state index in [1.165, 1.54) is 0 Å².